The fourth-order valence-corrected chi connectivity index (χ4v) is 3.25. The van der Waals surface area contributed by atoms with Crippen molar-refractivity contribution in [3.8, 4) is 5.75 Å². The number of aromatic nitrogens is 1. The standard InChI is InChI=1S/C19H15ClN2O2/c20-13-5-6-18-16(9-13)15(7-8-24-18)19(23)22-17-11-21-10-12-3-1-2-4-14(12)17/h1-6,9-11,15H,7-8H2,(H,22,23). The van der Waals surface area contributed by atoms with Crippen LogP contribution in [0.15, 0.2) is 54.9 Å². The van der Waals surface area contributed by atoms with E-state index in [1.54, 1.807) is 18.5 Å². The number of amides is 1. The van der Waals surface area contributed by atoms with E-state index in [-0.39, 0.29) is 11.8 Å². The maximum atomic E-state index is 12.8. The van der Waals surface area contributed by atoms with Crippen molar-refractivity contribution in [2.45, 2.75) is 12.3 Å². The minimum Gasteiger partial charge on any atom is -0.493 e. The van der Waals surface area contributed by atoms with Gasteiger partial charge in [-0.05, 0) is 24.6 Å². The van der Waals surface area contributed by atoms with E-state index in [9.17, 15) is 4.79 Å². The van der Waals surface area contributed by atoms with E-state index in [0.29, 0.717) is 23.7 Å². The highest BCUT2D eigenvalue weighted by molar-refractivity contribution is 6.30. The lowest BCUT2D eigenvalue weighted by molar-refractivity contribution is -0.118. The molecule has 0 saturated heterocycles. The van der Waals surface area contributed by atoms with Crippen molar-refractivity contribution in [3.05, 3.63) is 65.4 Å². The predicted octanol–water partition coefficient (Wildman–Crippen LogP) is 4.39. The lowest BCUT2D eigenvalue weighted by atomic mass is 9.92. The zero-order chi connectivity index (χ0) is 16.5. The number of pyridine rings is 1. The second-order valence-corrected chi connectivity index (χ2v) is 6.21. The van der Waals surface area contributed by atoms with Crippen LogP contribution >= 0.6 is 11.6 Å². The Hall–Kier alpha value is -2.59. The molecule has 0 spiro atoms. The van der Waals surface area contributed by atoms with E-state index >= 15 is 0 Å². The number of nitrogens with zero attached hydrogens (tertiary/aromatic N) is 1. The highest BCUT2D eigenvalue weighted by atomic mass is 35.5. The summed E-state index contributed by atoms with van der Waals surface area (Å²) in [7, 11) is 0. The number of halogens is 1. The maximum Gasteiger partial charge on any atom is 0.232 e. The lowest BCUT2D eigenvalue weighted by Crippen LogP contribution is -2.26. The summed E-state index contributed by atoms with van der Waals surface area (Å²) >= 11 is 6.09. The van der Waals surface area contributed by atoms with Gasteiger partial charge in [-0.15, -0.1) is 0 Å². The van der Waals surface area contributed by atoms with Gasteiger partial charge in [0.1, 0.15) is 5.75 Å². The molecule has 1 N–H and O–H groups in total. The molecule has 2 heterocycles. The summed E-state index contributed by atoms with van der Waals surface area (Å²) in [5, 5.41) is 5.58. The maximum absolute atomic E-state index is 12.8. The zero-order valence-electron chi connectivity index (χ0n) is 12.8. The van der Waals surface area contributed by atoms with Crippen LogP contribution in [0.5, 0.6) is 5.75 Å². The van der Waals surface area contributed by atoms with Gasteiger partial charge in [0, 0.05) is 27.6 Å². The minimum atomic E-state index is -0.286. The smallest absolute Gasteiger partial charge is 0.232 e. The molecule has 0 bridgehead atoms. The molecule has 1 aliphatic heterocycles. The number of benzene rings is 2. The van der Waals surface area contributed by atoms with E-state index in [4.69, 9.17) is 16.3 Å². The molecule has 1 aliphatic rings. The molecule has 2 aromatic carbocycles. The zero-order valence-corrected chi connectivity index (χ0v) is 13.6. The Morgan fingerprint density at radius 3 is 3.00 bits per heavy atom. The Labute approximate surface area is 144 Å². The van der Waals surface area contributed by atoms with Crippen LogP contribution in [0.25, 0.3) is 10.8 Å². The number of nitrogens with one attached hydrogen (secondary N) is 1. The SMILES string of the molecule is O=C(Nc1cncc2ccccc12)C1CCOc2ccc(Cl)cc21. The number of carbonyl (C=O) groups excluding carboxylic acids is 1. The largest absolute Gasteiger partial charge is 0.493 e. The number of fused-ring (bicyclic) bond motifs is 2. The van der Waals surface area contributed by atoms with E-state index in [1.165, 1.54) is 0 Å². The Morgan fingerprint density at radius 2 is 2.08 bits per heavy atom. The van der Waals surface area contributed by atoms with Gasteiger partial charge in [-0.1, -0.05) is 35.9 Å². The summed E-state index contributed by atoms with van der Waals surface area (Å²) in [6.45, 7) is 0.514. The normalized spacial score (nSPS) is 16.3. The summed E-state index contributed by atoms with van der Waals surface area (Å²) in [5.74, 6) is 0.369. The van der Waals surface area contributed by atoms with Gasteiger partial charge >= 0.3 is 0 Å². The van der Waals surface area contributed by atoms with Gasteiger partial charge in [-0.3, -0.25) is 9.78 Å². The average molecular weight is 339 g/mol. The van der Waals surface area contributed by atoms with E-state index in [0.717, 1.165) is 22.1 Å². The number of hydrogen-bond acceptors (Lipinski definition) is 3. The average Bonchev–Trinajstić information content (AvgIpc) is 2.61. The van der Waals surface area contributed by atoms with Crippen LogP contribution in [0.1, 0.15) is 17.9 Å². The third-order valence-corrected chi connectivity index (χ3v) is 4.49. The molecular formula is C19H15ClN2O2. The van der Waals surface area contributed by atoms with Crippen molar-refractivity contribution >= 4 is 34.0 Å². The first-order chi connectivity index (χ1) is 11.7. The van der Waals surface area contributed by atoms with Crippen molar-refractivity contribution in [2.75, 3.05) is 11.9 Å². The van der Waals surface area contributed by atoms with Gasteiger partial charge in [0.05, 0.1) is 24.4 Å². The fourth-order valence-electron chi connectivity index (χ4n) is 3.07. The summed E-state index contributed by atoms with van der Waals surface area (Å²) in [6, 6.07) is 13.2. The number of hydrogen-bond donors (Lipinski definition) is 1. The van der Waals surface area contributed by atoms with Crippen LogP contribution in [-0.2, 0) is 4.79 Å². The van der Waals surface area contributed by atoms with Crippen molar-refractivity contribution in [3.63, 3.8) is 0 Å². The van der Waals surface area contributed by atoms with E-state index in [1.807, 2.05) is 36.4 Å². The van der Waals surface area contributed by atoms with E-state index < -0.39 is 0 Å². The molecule has 3 aromatic rings. The first kappa shape index (κ1) is 15.0. The summed E-state index contributed by atoms with van der Waals surface area (Å²) in [4.78, 5) is 17.1. The molecule has 0 aliphatic carbocycles. The quantitative estimate of drug-likeness (QED) is 0.753. The Balaban J connectivity index is 1.67. The van der Waals surface area contributed by atoms with Crippen LogP contribution in [0.4, 0.5) is 5.69 Å². The second kappa shape index (κ2) is 6.13. The first-order valence-corrected chi connectivity index (χ1v) is 8.16. The summed E-state index contributed by atoms with van der Waals surface area (Å²) < 4.78 is 5.63. The molecule has 4 nitrogen and oxygen atoms in total. The summed E-state index contributed by atoms with van der Waals surface area (Å²) in [5.41, 5.74) is 1.55. The van der Waals surface area contributed by atoms with E-state index in [2.05, 4.69) is 10.3 Å². The molecule has 0 saturated carbocycles. The third-order valence-electron chi connectivity index (χ3n) is 4.25. The predicted molar refractivity (Wildman–Crippen MR) is 94.7 cm³/mol. The van der Waals surface area contributed by atoms with Gasteiger partial charge in [0.2, 0.25) is 5.91 Å². The van der Waals surface area contributed by atoms with Crippen molar-refractivity contribution in [1.29, 1.82) is 0 Å². The highest BCUT2D eigenvalue weighted by Crippen LogP contribution is 2.36. The van der Waals surface area contributed by atoms with Crippen LogP contribution in [0.2, 0.25) is 5.02 Å². The van der Waals surface area contributed by atoms with Gasteiger partial charge in [-0.25, -0.2) is 0 Å². The molecule has 0 fully saturated rings. The molecule has 1 amide bonds. The van der Waals surface area contributed by atoms with Crippen molar-refractivity contribution in [2.24, 2.45) is 0 Å². The Bertz CT molecular complexity index is 921. The molecule has 4 rings (SSSR count). The molecule has 1 atom stereocenters. The van der Waals surface area contributed by atoms with Crippen LogP contribution in [0, 0.1) is 0 Å². The van der Waals surface area contributed by atoms with Gasteiger partial charge in [0.15, 0.2) is 0 Å². The van der Waals surface area contributed by atoms with Crippen molar-refractivity contribution < 1.29 is 9.53 Å². The number of rotatable bonds is 2. The van der Waals surface area contributed by atoms with Crippen LogP contribution < -0.4 is 10.1 Å². The fraction of sp³-hybridized carbons (Fsp3) is 0.158. The minimum absolute atomic E-state index is 0.0695. The molecule has 24 heavy (non-hydrogen) atoms. The first-order valence-electron chi connectivity index (χ1n) is 7.78. The van der Waals surface area contributed by atoms with Gasteiger partial charge in [-0.2, -0.15) is 0 Å². The highest BCUT2D eigenvalue weighted by Gasteiger charge is 2.28. The monoisotopic (exact) mass is 338 g/mol. The number of ether oxygens (including phenoxy) is 1. The molecule has 1 aromatic heterocycles. The molecule has 5 heteroatoms. The summed E-state index contributed by atoms with van der Waals surface area (Å²) in [6.07, 6.45) is 4.09. The lowest BCUT2D eigenvalue weighted by Gasteiger charge is -2.25. The molecule has 1 unspecified atom stereocenters. The number of anilines is 1. The molecular weight excluding hydrogens is 324 g/mol. The second-order valence-electron chi connectivity index (χ2n) is 5.77. The Kier molecular flexibility index (Phi) is 3.82. The van der Waals surface area contributed by atoms with Gasteiger partial charge < -0.3 is 10.1 Å². The molecule has 0 radical (unpaired) electrons. The van der Waals surface area contributed by atoms with Crippen LogP contribution in [-0.4, -0.2) is 17.5 Å². The van der Waals surface area contributed by atoms with Crippen molar-refractivity contribution in [1.82, 2.24) is 4.98 Å². The number of carbonyl (C=O) groups is 1. The van der Waals surface area contributed by atoms with Gasteiger partial charge in [0.25, 0.3) is 0 Å². The third kappa shape index (κ3) is 2.69. The van der Waals surface area contributed by atoms with Crippen LogP contribution in [0.3, 0.4) is 0 Å². The molecule has 120 valence electrons. The Morgan fingerprint density at radius 1 is 1.21 bits per heavy atom. The topological polar surface area (TPSA) is 51.2 Å².